The first-order valence-electron chi connectivity index (χ1n) is 12.0. The summed E-state index contributed by atoms with van der Waals surface area (Å²) in [5, 5.41) is 18.1. The average molecular weight is 452 g/mol. The van der Waals surface area contributed by atoms with E-state index in [0.29, 0.717) is 18.9 Å². The van der Waals surface area contributed by atoms with E-state index in [-0.39, 0.29) is 28.6 Å². The van der Waals surface area contributed by atoms with Crippen LogP contribution in [-0.4, -0.2) is 47.0 Å². The summed E-state index contributed by atoms with van der Waals surface area (Å²) < 4.78 is 0. The molecule has 0 bridgehead atoms. The number of hydrogen-bond donors (Lipinski definition) is 2. The summed E-state index contributed by atoms with van der Waals surface area (Å²) in [6, 6.07) is 11.5. The van der Waals surface area contributed by atoms with E-state index in [0.717, 1.165) is 56.4 Å². The van der Waals surface area contributed by atoms with Gasteiger partial charge in [-0.05, 0) is 55.9 Å². The van der Waals surface area contributed by atoms with Crippen LogP contribution in [0.5, 0.6) is 0 Å². The molecular formula is C25H33N5O3. The lowest BCUT2D eigenvalue weighted by Gasteiger charge is -2.40. The Morgan fingerprint density at radius 1 is 1.09 bits per heavy atom. The molecule has 3 atom stereocenters. The van der Waals surface area contributed by atoms with Gasteiger partial charge in [0.25, 0.3) is 5.69 Å². The minimum absolute atomic E-state index is 0.105. The molecule has 8 nitrogen and oxygen atoms in total. The summed E-state index contributed by atoms with van der Waals surface area (Å²) in [4.78, 5) is 29.6. The van der Waals surface area contributed by atoms with Gasteiger partial charge in [0.2, 0.25) is 5.91 Å². The zero-order valence-corrected chi connectivity index (χ0v) is 19.0. The van der Waals surface area contributed by atoms with Crippen LogP contribution >= 0.6 is 0 Å². The fraction of sp³-hybridized carbons (Fsp3) is 0.520. The molecule has 1 unspecified atom stereocenters. The molecule has 2 fully saturated rings. The van der Waals surface area contributed by atoms with Crippen molar-refractivity contribution < 1.29 is 9.72 Å². The topological polar surface area (TPSA) is 100 Å². The monoisotopic (exact) mass is 451 g/mol. The number of aromatic nitrogens is 1. The van der Waals surface area contributed by atoms with E-state index in [2.05, 4.69) is 20.5 Å². The lowest BCUT2D eigenvalue weighted by Crippen LogP contribution is -2.57. The fourth-order valence-electron chi connectivity index (χ4n) is 5.02. The van der Waals surface area contributed by atoms with Crippen molar-refractivity contribution in [2.24, 2.45) is 0 Å². The third-order valence-electron chi connectivity index (χ3n) is 6.77. The van der Waals surface area contributed by atoms with Gasteiger partial charge in [-0.3, -0.25) is 19.9 Å². The SMILES string of the molecule is O=C(CCc1cccnc1)N[C@@H]1CCCC[C@H]1NC1CCCN(c2ccc([N+](=O)[O-])cc2)C1. The number of carbonyl (C=O) groups excluding carboxylic acids is 1. The Bertz CT molecular complexity index is 921. The van der Waals surface area contributed by atoms with Crippen molar-refractivity contribution in [3.8, 4) is 0 Å². The highest BCUT2D eigenvalue weighted by Crippen LogP contribution is 2.25. The summed E-state index contributed by atoms with van der Waals surface area (Å²) >= 11 is 0. The maximum absolute atomic E-state index is 12.6. The van der Waals surface area contributed by atoms with Gasteiger partial charge in [0.15, 0.2) is 0 Å². The number of amides is 1. The van der Waals surface area contributed by atoms with Gasteiger partial charge in [-0.2, -0.15) is 0 Å². The van der Waals surface area contributed by atoms with Crippen LogP contribution in [-0.2, 0) is 11.2 Å². The van der Waals surface area contributed by atoms with Crippen molar-refractivity contribution in [2.45, 2.75) is 69.5 Å². The van der Waals surface area contributed by atoms with Crippen molar-refractivity contribution in [3.63, 3.8) is 0 Å². The lowest BCUT2D eigenvalue weighted by atomic mass is 9.88. The second-order valence-corrected chi connectivity index (χ2v) is 9.15. The van der Waals surface area contributed by atoms with Crippen LogP contribution in [0.4, 0.5) is 11.4 Å². The molecule has 1 saturated heterocycles. The van der Waals surface area contributed by atoms with Crippen molar-refractivity contribution in [2.75, 3.05) is 18.0 Å². The molecule has 1 aliphatic heterocycles. The van der Waals surface area contributed by atoms with Gasteiger partial charge in [-0.15, -0.1) is 0 Å². The van der Waals surface area contributed by atoms with Crippen molar-refractivity contribution >= 4 is 17.3 Å². The lowest BCUT2D eigenvalue weighted by molar-refractivity contribution is -0.384. The van der Waals surface area contributed by atoms with Gasteiger partial charge in [0.05, 0.1) is 4.92 Å². The van der Waals surface area contributed by atoms with E-state index in [4.69, 9.17) is 0 Å². The maximum Gasteiger partial charge on any atom is 0.269 e. The van der Waals surface area contributed by atoms with E-state index < -0.39 is 0 Å². The van der Waals surface area contributed by atoms with Gasteiger partial charge < -0.3 is 15.5 Å². The first-order valence-corrected chi connectivity index (χ1v) is 12.0. The highest BCUT2D eigenvalue weighted by molar-refractivity contribution is 5.76. The Kier molecular flexibility index (Phi) is 7.88. The number of nitro groups is 1. The van der Waals surface area contributed by atoms with Crippen LogP contribution < -0.4 is 15.5 Å². The molecule has 1 amide bonds. The number of nitrogens with one attached hydrogen (secondary N) is 2. The predicted molar refractivity (Wildman–Crippen MR) is 128 cm³/mol. The summed E-state index contributed by atoms with van der Waals surface area (Å²) in [7, 11) is 0. The largest absolute Gasteiger partial charge is 0.370 e. The number of hydrogen-bond acceptors (Lipinski definition) is 6. The number of aryl methyl sites for hydroxylation is 1. The Balaban J connectivity index is 1.30. The van der Waals surface area contributed by atoms with Crippen LogP contribution in [0.15, 0.2) is 48.8 Å². The highest BCUT2D eigenvalue weighted by Gasteiger charge is 2.30. The Morgan fingerprint density at radius 2 is 1.88 bits per heavy atom. The fourth-order valence-corrected chi connectivity index (χ4v) is 5.02. The molecule has 2 N–H and O–H groups in total. The van der Waals surface area contributed by atoms with Crippen LogP contribution in [0.2, 0.25) is 0 Å². The zero-order valence-electron chi connectivity index (χ0n) is 19.0. The van der Waals surface area contributed by atoms with Gasteiger partial charge in [-0.25, -0.2) is 0 Å². The number of anilines is 1. The van der Waals surface area contributed by atoms with E-state index in [1.54, 1.807) is 18.3 Å². The summed E-state index contributed by atoms with van der Waals surface area (Å²) in [5.41, 5.74) is 2.23. The first kappa shape index (κ1) is 23.2. The molecule has 0 spiro atoms. The molecule has 1 aliphatic carbocycles. The van der Waals surface area contributed by atoms with Crippen LogP contribution in [0.25, 0.3) is 0 Å². The molecule has 33 heavy (non-hydrogen) atoms. The quantitative estimate of drug-likeness (QED) is 0.470. The van der Waals surface area contributed by atoms with Crippen LogP contribution in [0, 0.1) is 10.1 Å². The van der Waals surface area contributed by atoms with E-state index in [1.165, 1.54) is 6.42 Å². The molecule has 8 heteroatoms. The normalized spacial score (nSPS) is 23.2. The Labute approximate surface area is 194 Å². The number of piperidine rings is 1. The van der Waals surface area contributed by atoms with Gasteiger partial charge >= 0.3 is 0 Å². The first-order chi connectivity index (χ1) is 16.1. The number of carbonyl (C=O) groups is 1. The molecule has 176 valence electrons. The smallest absolute Gasteiger partial charge is 0.269 e. The molecule has 2 aromatic rings. The number of nitrogens with zero attached hydrogens (tertiary/aromatic N) is 3. The Hall–Kier alpha value is -3.00. The summed E-state index contributed by atoms with van der Waals surface area (Å²) in [5.74, 6) is 0.105. The van der Waals surface area contributed by atoms with Crippen LogP contribution in [0.3, 0.4) is 0 Å². The highest BCUT2D eigenvalue weighted by atomic mass is 16.6. The average Bonchev–Trinajstić information content (AvgIpc) is 2.85. The van der Waals surface area contributed by atoms with E-state index >= 15 is 0 Å². The molecule has 2 heterocycles. The standard InChI is InChI=1S/C25H33N5O3/c31-25(14-9-19-5-3-15-26-17-19)28-24-8-2-1-7-23(24)27-20-6-4-16-29(18-20)21-10-12-22(13-11-21)30(32)33/h3,5,10-13,15,17,20,23-24,27H,1-2,4,6-9,14,16,18H2,(H,28,31)/t20?,23-,24-/m1/s1. The number of rotatable bonds is 8. The second kappa shape index (κ2) is 11.2. The second-order valence-electron chi connectivity index (χ2n) is 9.15. The molecular weight excluding hydrogens is 418 g/mol. The van der Waals surface area contributed by atoms with Gasteiger partial charge in [0.1, 0.15) is 0 Å². The van der Waals surface area contributed by atoms with Gasteiger partial charge in [-0.1, -0.05) is 18.9 Å². The molecule has 1 aromatic carbocycles. The third-order valence-corrected chi connectivity index (χ3v) is 6.77. The molecule has 4 rings (SSSR count). The molecule has 1 aromatic heterocycles. The van der Waals surface area contributed by atoms with Crippen molar-refractivity contribution in [1.82, 2.24) is 15.6 Å². The number of benzene rings is 1. The predicted octanol–water partition coefficient (Wildman–Crippen LogP) is 3.61. The molecule has 1 saturated carbocycles. The van der Waals surface area contributed by atoms with Crippen molar-refractivity contribution in [3.05, 3.63) is 64.5 Å². The Morgan fingerprint density at radius 3 is 2.61 bits per heavy atom. The molecule has 0 radical (unpaired) electrons. The molecule has 2 aliphatic rings. The number of non-ortho nitro benzene ring substituents is 1. The number of nitro benzene ring substituents is 1. The van der Waals surface area contributed by atoms with Crippen LogP contribution in [0.1, 0.15) is 50.5 Å². The third kappa shape index (κ3) is 6.51. The van der Waals surface area contributed by atoms with E-state index in [9.17, 15) is 14.9 Å². The number of pyridine rings is 1. The maximum atomic E-state index is 12.6. The minimum Gasteiger partial charge on any atom is -0.370 e. The minimum atomic E-state index is -0.363. The summed E-state index contributed by atoms with van der Waals surface area (Å²) in [6.07, 6.45) is 11.3. The zero-order chi connectivity index (χ0) is 23.0. The summed E-state index contributed by atoms with van der Waals surface area (Å²) in [6.45, 7) is 1.82. The van der Waals surface area contributed by atoms with E-state index in [1.807, 2.05) is 30.5 Å². The van der Waals surface area contributed by atoms with Gasteiger partial charge in [0, 0.05) is 67.8 Å². The van der Waals surface area contributed by atoms with Crippen molar-refractivity contribution in [1.29, 1.82) is 0 Å².